The first-order valence-electron chi connectivity index (χ1n) is 9.70. The molecule has 2 N–H and O–H groups in total. The number of carbonyl (C=O) groups is 1. The van der Waals surface area contributed by atoms with Crippen LogP contribution in [-0.2, 0) is 6.42 Å². The van der Waals surface area contributed by atoms with Gasteiger partial charge in [-0.2, -0.15) is 0 Å². The topological polar surface area (TPSA) is 57.5 Å². The van der Waals surface area contributed by atoms with E-state index in [0.717, 1.165) is 24.8 Å². The van der Waals surface area contributed by atoms with Gasteiger partial charge in [0.2, 0.25) is 0 Å². The summed E-state index contributed by atoms with van der Waals surface area (Å²) in [5.74, 6) is -0.728. The molecule has 3 heteroatoms. The monoisotopic (exact) mass is 334 g/mol. The molecular formula is C21H34O3. The van der Waals surface area contributed by atoms with Crippen molar-refractivity contribution in [1.82, 2.24) is 0 Å². The number of carboxylic acid groups (broad SMARTS) is 1. The van der Waals surface area contributed by atoms with Crippen LogP contribution in [0.3, 0.4) is 0 Å². The van der Waals surface area contributed by atoms with E-state index >= 15 is 0 Å². The van der Waals surface area contributed by atoms with E-state index in [1.165, 1.54) is 76.3 Å². The maximum absolute atomic E-state index is 11.0. The summed E-state index contributed by atoms with van der Waals surface area (Å²) in [4.78, 5) is 11.0. The smallest absolute Gasteiger partial charge is 0.335 e. The van der Waals surface area contributed by atoms with Crippen LogP contribution in [0, 0.1) is 0 Å². The second-order valence-electron chi connectivity index (χ2n) is 6.79. The summed E-state index contributed by atoms with van der Waals surface area (Å²) in [7, 11) is 0. The van der Waals surface area contributed by atoms with E-state index in [0.29, 0.717) is 0 Å². The van der Waals surface area contributed by atoms with Crippen molar-refractivity contribution in [3.8, 4) is 5.75 Å². The van der Waals surface area contributed by atoms with Crippen molar-refractivity contribution in [3.05, 3.63) is 29.3 Å². The molecule has 3 nitrogen and oxygen atoms in total. The second-order valence-corrected chi connectivity index (χ2v) is 6.79. The van der Waals surface area contributed by atoms with Gasteiger partial charge in [-0.25, -0.2) is 4.79 Å². The van der Waals surface area contributed by atoms with E-state index < -0.39 is 5.97 Å². The van der Waals surface area contributed by atoms with Gasteiger partial charge in [0.1, 0.15) is 5.75 Å². The second kappa shape index (κ2) is 12.9. The molecule has 0 amide bonds. The molecule has 0 unspecified atom stereocenters. The molecular weight excluding hydrogens is 300 g/mol. The van der Waals surface area contributed by atoms with Crippen LogP contribution in [0.4, 0.5) is 0 Å². The van der Waals surface area contributed by atoms with Gasteiger partial charge in [0.15, 0.2) is 0 Å². The van der Waals surface area contributed by atoms with Crippen LogP contribution in [-0.4, -0.2) is 16.2 Å². The molecule has 1 aromatic rings. The molecule has 136 valence electrons. The molecule has 0 saturated heterocycles. The lowest BCUT2D eigenvalue weighted by molar-refractivity contribution is 0.0696. The van der Waals surface area contributed by atoms with E-state index in [9.17, 15) is 9.90 Å². The predicted octanol–water partition coefficient (Wildman–Crippen LogP) is 6.33. The molecule has 1 aromatic carbocycles. The van der Waals surface area contributed by atoms with E-state index in [1.54, 1.807) is 6.07 Å². The molecule has 0 bridgehead atoms. The van der Waals surface area contributed by atoms with Gasteiger partial charge < -0.3 is 10.2 Å². The lowest BCUT2D eigenvalue weighted by Gasteiger charge is -2.06. The molecule has 0 spiro atoms. The van der Waals surface area contributed by atoms with Gasteiger partial charge in [-0.05, 0) is 36.6 Å². The van der Waals surface area contributed by atoms with Crippen LogP contribution in [0.1, 0.15) is 99.9 Å². The maximum atomic E-state index is 11.0. The van der Waals surface area contributed by atoms with Crippen LogP contribution < -0.4 is 0 Å². The van der Waals surface area contributed by atoms with Crippen LogP contribution in [0.25, 0.3) is 0 Å². The summed E-state index contributed by atoms with van der Waals surface area (Å²) in [5, 5.41) is 18.8. The van der Waals surface area contributed by atoms with Crippen molar-refractivity contribution in [2.45, 2.75) is 90.4 Å². The molecule has 0 aliphatic rings. The van der Waals surface area contributed by atoms with Gasteiger partial charge >= 0.3 is 5.97 Å². The van der Waals surface area contributed by atoms with E-state index in [4.69, 9.17) is 5.11 Å². The molecule has 0 fully saturated rings. The fourth-order valence-corrected chi connectivity index (χ4v) is 3.08. The maximum Gasteiger partial charge on any atom is 0.335 e. The van der Waals surface area contributed by atoms with Crippen molar-refractivity contribution < 1.29 is 15.0 Å². The zero-order chi connectivity index (χ0) is 17.6. The Hall–Kier alpha value is -1.51. The van der Waals surface area contributed by atoms with E-state index in [-0.39, 0.29) is 11.3 Å². The number of rotatable bonds is 14. The summed E-state index contributed by atoms with van der Waals surface area (Å²) in [5.41, 5.74) is 1.00. The summed E-state index contributed by atoms with van der Waals surface area (Å²) in [6, 6.07) is 4.53. The molecule has 0 atom stereocenters. The zero-order valence-electron chi connectivity index (χ0n) is 15.2. The molecule has 24 heavy (non-hydrogen) atoms. The Labute approximate surface area is 147 Å². The average molecular weight is 334 g/mol. The molecule has 0 saturated carbocycles. The Kier molecular flexibility index (Phi) is 11.0. The molecule has 1 rings (SSSR count). The summed E-state index contributed by atoms with van der Waals surface area (Å²) in [6.45, 7) is 2.25. The first-order chi connectivity index (χ1) is 11.6. The van der Waals surface area contributed by atoms with Gasteiger partial charge in [0.25, 0.3) is 0 Å². The van der Waals surface area contributed by atoms with Gasteiger partial charge in [-0.1, -0.05) is 77.6 Å². The van der Waals surface area contributed by atoms with Gasteiger partial charge in [0.05, 0.1) is 5.56 Å². The Balaban J connectivity index is 2.02. The summed E-state index contributed by atoms with van der Waals surface area (Å²) in [6.07, 6.45) is 16.4. The van der Waals surface area contributed by atoms with Crippen molar-refractivity contribution in [2.75, 3.05) is 0 Å². The number of unbranched alkanes of at least 4 members (excludes halogenated alkanes) is 11. The highest BCUT2D eigenvalue weighted by molar-refractivity contribution is 5.88. The quantitative estimate of drug-likeness (QED) is 0.391. The average Bonchev–Trinajstić information content (AvgIpc) is 2.57. The highest BCUT2D eigenvalue weighted by atomic mass is 16.4. The number of carboxylic acids is 1. The number of hydrogen-bond donors (Lipinski definition) is 2. The van der Waals surface area contributed by atoms with Gasteiger partial charge in [0, 0.05) is 0 Å². The molecule has 0 aromatic heterocycles. The van der Waals surface area contributed by atoms with Crippen molar-refractivity contribution in [1.29, 1.82) is 0 Å². The largest absolute Gasteiger partial charge is 0.508 e. The zero-order valence-corrected chi connectivity index (χ0v) is 15.2. The molecule has 0 aliphatic carbocycles. The summed E-state index contributed by atoms with van der Waals surface area (Å²) >= 11 is 0. The molecule has 0 radical (unpaired) electrons. The number of phenols is 1. The van der Waals surface area contributed by atoms with Crippen molar-refractivity contribution >= 4 is 5.97 Å². The number of benzene rings is 1. The van der Waals surface area contributed by atoms with Gasteiger partial charge in [-0.3, -0.25) is 0 Å². The van der Waals surface area contributed by atoms with E-state index in [1.807, 2.05) is 0 Å². The molecule has 0 heterocycles. The van der Waals surface area contributed by atoms with E-state index in [2.05, 4.69) is 6.92 Å². The Morgan fingerprint density at radius 3 is 1.83 bits per heavy atom. The lowest BCUT2D eigenvalue weighted by atomic mass is 10.0. The predicted molar refractivity (Wildman–Crippen MR) is 99.8 cm³/mol. The normalized spacial score (nSPS) is 10.9. The first-order valence-corrected chi connectivity index (χ1v) is 9.70. The third-order valence-corrected chi connectivity index (χ3v) is 4.63. The van der Waals surface area contributed by atoms with Crippen LogP contribution in [0.15, 0.2) is 18.2 Å². The first kappa shape index (κ1) is 20.5. The SMILES string of the molecule is CCCCCCCCCCCCCCc1cc(C(=O)O)ccc1O. The molecule has 0 aliphatic heterocycles. The number of aromatic carboxylic acids is 1. The minimum Gasteiger partial charge on any atom is -0.508 e. The number of aryl methyl sites for hydroxylation is 1. The Bertz CT molecular complexity index is 468. The third-order valence-electron chi connectivity index (χ3n) is 4.63. The number of aromatic hydroxyl groups is 1. The standard InChI is InChI=1S/C21H34O3/c1-2-3-4-5-6-7-8-9-10-11-12-13-14-18-17-19(21(23)24)15-16-20(18)22/h15-17,22H,2-14H2,1H3,(H,23,24). The fraction of sp³-hybridized carbons (Fsp3) is 0.667. The Morgan fingerprint density at radius 2 is 1.33 bits per heavy atom. The Morgan fingerprint density at radius 1 is 0.833 bits per heavy atom. The minimum absolute atomic E-state index is 0.211. The lowest BCUT2D eigenvalue weighted by Crippen LogP contribution is -1.98. The highest BCUT2D eigenvalue weighted by Crippen LogP contribution is 2.21. The highest BCUT2D eigenvalue weighted by Gasteiger charge is 2.07. The van der Waals surface area contributed by atoms with Crippen LogP contribution >= 0.6 is 0 Å². The summed E-state index contributed by atoms with van der Waals surface area (Å²) < 4.78 is 0. The van der Waals surface area contributed by atoms with Gasteiger partial charge in [-0.15, -0.1) is 0 Å². The fourth-order valence-electron chi connectivity index (χ4n) is 3.08. The minimum atomic E-state index is -0.939. The van der Waals surface area contributed by atoms with Crippen molar-refractivity contribution in [3.63, 3.8) is 0 Å². The number of phenolic OH excluding ortho intramolecular Hbond substituents is 1. The van der Waals surface area contributed by atoms with Crippen molar-refractivity contribution in [2.24, 2.45) is 0 Å². The third kappa shape index (κ3) is 8.95. The van der Waals surface area contributed by atoms with Crippen LogP contribution in [0.5, 0.6) is 5.75 Å². The number of hydrogen-bond acceptors (Lipinski definition) is 2. The van der Waals surface area contributed by atoms with Crippen LogP contribution in [0.2, 0.25) is 0 Å².